The Hall–Kier alpha value is -0.880. The molecule has 0 fully saturated rings. The first-order chi connectivity index (χ1) is 8.20. The van der Waals surface area contributed by atoms with Crippen molar-refractivity contribution in [3.05, 3.63) is 50.9 Å². The third-order valence-electron chi connectivity index (χ3n) is 2.82. The highest BCUT2D eigenvalue weighted by molar-refractivity contribution is 14.1. The Kier molecular flexibility index (Phi) is 4.17. The molecule has 2 rings (SSSR count). The number of benzene rings is 1. The Morgan fingerprint density at radius 1 is 1.29 bits per heavy atom. The van der Waals surface area contributed by atoms with Crippen molar-refractivity contribution in [3.8, 4) is 0 Å². The van der Waals surface area contributed by atoms with Crippen LogP contribution in [-0.2, 0) is 13.1 Å². The molecule has 0 radical (unpaired) electrons. The van der Waals surface area contributed by atoms with Crippen molar-refractivity contribution in [1.29, 1.82) is 0 Å². The third kappa shape index (κ3) is 3.07. The SMILES string of the molecule is CNCc1cnn(Cc2ccc(I)cc2)c1C. The number of hydrogen-bond donors (Lipinski definition) is 1. The van der Waals surface area contributed by atoms with E-state index < -0.39 is 0 Å². The normalized spacial score (nSPS) is 10.8. The predicted molar refractivity (Wildman–Crippen MR) is 78.0 cm³/mol. The first kappa shape index (κ1) is 12.6. The molecule has 1 heterocycles. The van der Waals surface area contributed by atoms with Crippen LogP contribution in [0.25, 0.3) is 0 Å². The van der Waals surface area contributed by atoms with Crippen molar-refractivity contribution in [1.82, 2.24) is 15.1 Å². The number of nitrogens with one attached hydrogen (secondary N) is 1. The van der Waals surface area contributed by atoms with Gasteiger partial charge in [-0.1, -0.05) is 12.1 Å². The molecule has 0 spiro atoms. The lowest BCUT2D eigenvalue weighted by Gasteiger charge is -2.06. The summed E-state index contributed by atoms with van der Waals surface area (Å²) >= 11 is 2.32. The van der Waals surface area contributed by atoms with Gasteiger partial charge in [-0.3, -0.25) is 4.68 Å². The van der Waals surface area contributed by atoms with Crippen LogP contribution >= 0.6 is 22.6 Å². The van der Waals surface area contributed by atoms with Gasteiger partial charge in [0.15, 0.2) is 0 Å². The minimum absolute atomic E-state index is 0.840. The van der Waals surface area contributed by atoms with Gasteiger partial charge in [0.2, 0.25) is 0 Å². The summed E-state index contributed by atoms with van der Waals surface area (Å²) in [6.07, 6.45) is 1.94. The molecule has 1 aromatic carbocycles. The summed E-state index contributed by atoms with van der Waals surface area (Å²) in [5, 5.41) is 7.58. The topological polar surface area (TPSA) is 29.9 Å². The smallest absolute Gasteiger partial charge is 0.0662 e. The van der Waals surface area contributed by atoms with Gasteiger partial charge >= 0.3 is 0 Å². The van der Waals surface area contributed by atoms with Gasteiger partial charge < -0.3 is 5.32 Å². The van der Waals surface area contributed by atoms with Crippen molar-refractivity contribution in [2.75, 3.05) is 7.05 Å². The van der Waals surface area contributed by atoms with Crippen LogP contribution < -0.4 is 5.32 Å². The van der Waals surface area contributed by atoms with E-state index in [1.807, 2.05) is 13.2 Å². The zero-order valence-corrected chi connectivity index (χ0v) is 12.2. The first-order valence-corrected chi connectivity index (χ1v) is 6.69. The summed E-state index contributed by atoms with van der Waals surface area (Å²) in [4.78, 5) is 0. The summed E-state index contributed by atoms with van der Waals surface area (Å²) < 4.78 is 3.31. The van der Waals surface area contributed by atoms with E-state index in [1.165, 1.54) is 20.4 Å². The predicted octanol–water partition coefficient (Wildman–Crippen LogP) is 2.56. The lowest BCUT2D eigenvalue weighted by Crippen LogP contribution is -2.08. The maximum absolute atomic E-state index is 4.43. The average Bonchev–Trinajstić information content (AvgIpc) is 2.65. The summed E-state index contributed by atoms with van der Waals surface area (Å²) in [5.74, 6) is 0. The van der Waals surface area contributed by atoms with Gasteiger partial charge in [-0.15, -0.1) is 0 Å². The second kappa shape index (κ2) is 5.64. The van der Waals surface area contributed by atoms with Gasteiger partial charge in [-0.2, -0.15) is 5.10 Å². The van der Waals surface area contributed by atoms with Crippen LogP contribution in [0.5, 0.6) is 0 Å². The van der Waals surface area contributed by atoms with Gasteiger partial charge in [0.1, 0.15) is 0 Å². The van der Waals surface area contributed by atoms with Crippen molar-refractivity contribution in [2.24, 2.45) is 0 Å². The maximum Gasteiger partial charge on any atom is 0.0662 e. The van der Waals surface area contributed by atoms with Gasteiger partial charge in [0.25, 0.3) is 0 Å². The summed E-state index contributed by atoms with van der Waals surface area (Å²) in [6, 6.07) is 8.56. The quantitative estimate of drug-likeness (QED) is 0.867. The molecule has 0 bridgehead atoms. The molecule has 17 heavy (non-hydrogen) atoms. The lowest BCUT2D eigenvalue weighted by molar-refractivity contribution is 0.661. The molecule has 4 heteroatoms. The molecule has 0 aliphatic carbocycles. The standard InChI is InChI=1S/C13H16IN3/c1-10-12(7-15-2)8-16-17(10)9-11-3-5-13(14)6-4-11/h3-6,8,15H,7,9H2,1-2H3. The number of aromatic nitrogens is 2. The van der Waals surface area contributed by atoms with Gasteiger partial charge in [-0.05, 0) is 54.3 Å². The fourth-order valence-corrected chi connectivity index (χ4v) is 2.13. The molecule has 0 saturated heterocycles. The molecule has 90 valence electrons. The van der Waals surface area contributed by atoms with Crippen molar-refractivity contribution in [2.45, 2.75) is 20.0 Å². The van der Waals surface area contributed by atoms with E-state index in [0.717, 1.165) is 13.1 Å². The maximum atomic E-state index is 4.43. The Bertz CT molecular complexity index is 488. The summed E-state index contributed by atoms with van der Waals surface area (Å²) in [6.45, 7) is 3.83. The van der Waals surface area contributed by atoms with Crippen LogP contribution in [0.4, 0.5) is 0 Å². The molecule has 0 unspecified atom stereocenters. The van der Waals surface area contributed by atoms with Crippen molar-refractivity contribution < 1.29 is 0 Å². The Labute approximate surface area is 115 Å². The Morgan fingerprint density at radius 3 is 2.65 bits per heavy atom. The summed E-state index contributed by atoms with van der Waals surface area (Å²) in [7, 11) is 1.95. The van der Waals surface area contributed by atoms with E-state index in [9.17, 15) is 0 Å². The average molecular weight is 341 g/mol. The molecule has 1 aromatic heterocycles. The van der Waals surface area contributed by atoms with Gasteiger partial charge in [0, 0.05) is 21.4 Å². The minimum atomic E-state index is 0.840. The fraction of sp³-hybridized carbons (Fsp3) is 0.308. The molecule has 0 atom stereocenters. The monoisotopic (exact) mass is 341 g/mol. The third-order valence-corrected chi connectivity index (χ3v) is 3.54. The van der Waals surface area contributed by atoms with E-state index >= 15 is 0 Å². The van der Waals surface area contributed by atoms with E-state index in [0.29, 0.717) is 0 Å². The largest absolute Gasteiger partial charge is 0.316 e. The number of nitrogens with zero attached hydrogens (tertiary/aromatic N) is 2. The first-order valence-electron chi connectivity index (χ1n) is 5.61. The fourth-order valence-electron chi connectivity index (χ4n) is 1.77. The Morgan fingerprint density at radius 2 is 2.00 bits per heavy atom. The van der Waals surface area contributed by atoms with Crippen LogP contribution in [0.3, 0.4) is 0 Å². The van der Waals surface area contributed by atoms with Crippen molar-refractivity contribution in [3.63, 3.8) is 0 Å². The number of rotatable bonds is 4. The lowest BCUT2D eigenvalue weighted by atomic mass is 10.2. The van der Waals surface area contributed by atoms with Crippen LogP contribution in [-0.4, -0.2) is 16.8 Å². The summed E-state index contributed by atoms with van der Waals surface area (Å²) in [5.41, 5.74) is 3.78. The zero-order valence-electron chi connectivity index (χ0n) is 10.1. The molecule has 0 amide bonds. The highest BCUT2D eigenvalue weighted by Crippen LogP contribution is 2.11. The van der Waals surface area contributed by atoms with Gasteiger partial charge in [-0.25, -0.2) is 0 Å². The highest BCUT2D eigenvalue weighted by atomic mass is 127. The number of halogens is 1. The zero-order chi connectivity index (χ0) is 12.3. The second-order valence-electron chi connectivity index (χ2n) is 4.07. The van der Waals surface area contributed by atoms with Crippen LogP contribution in [0.1, 0.15) is 16.8 Å². The molecule has 2 aromatic rings. The molecule has 3 nitrogen and oxygen atoms in total. The van der Waals surface area contributed by atoms with E-state index in [-0.39, 0.29) is 0 Å². The van der Waals surface area contributed by atoms with Gasteiger partial charge in [0.05, 0.1) is 12.7 Å². The molecule has 0 saturated carbocycles. The van der Waals surface area contributed by atoms with Crippen molar-refractivity contribution >= 4 is 22.6 Å². The second-order valence-corrected chi connectivity index (χ2v) is 5.32. The van der Waals surface area contributed by atoms with Crippen LogP contribution in [0.15, 0.2) is 30.5 Å². The molecule has 0 aliphatic rings. The van der Waals surface area contributed by atoms with E-state index in [1.54, 1.807) is 0 Å². The molecule has 1 N–H and O–H groups in total. The highest BCUT2D eigenvalue weighted by Gasteiger charge is 2.05. The van der Waals surface area contributed by atoms with Crippen LogP contribution in [0.2, 0.25) is 0 Å². The molecular formula is C13H16IN3. The van der Waals surface area contributed by atoms with E-state index in [2.05, 4.69) is 68.9 Å². The van der Waals surface area contributed by atoms with Crippen LogP contribution in [0, 0.1) is 10.5 Å². The minimum Gasteiger partial charge on any atom is -0.316 e. The number of hydrogen-bond acceptors (Lipinski definition) is 2. The molecular weight excluding hydrogens is 325 g/mol. The van der Waals surface area contributed by atoms with E-state index in [4.69, 9.17) is 0 Å². The Balaban J connectivity index is 2.16. The molecule has 0 aliphatic heterocycles.